The van der Waals surface area contributed by atoms with Crippen molar-refractivity contribution in [3.8, 4) is 11.3 Å². The molecule has 3 aromatic heterocycles. The van der Waals surface area contributed by atoms with Crippen LogP contribution in [0.3, 0.4) is 0 Å². The molecule has 7 heteroatoms. The number of thioether (sulfide) groups is 1. The zero-order valence-electron chi connectivity index (χ0n) is 13.7. The maximum absolute atomic E-state index is 12.3. The van der Waals surface area contributed by atoms with Crippen molar-refractivity contribution >= 4 is 44.7 Å². The molecule has 4 aromatic rings. The van der Waals surface area contributed by atoms with Crippen LogP contribution >= 0.6 is 34.4 Å². The van der Waals surface area contributed by atoms with Crippen LogP contribution in [-0.2, 0) is 5.75 Å². The minimum Gasteiger partial charge on any atom is -0.309 e. The molecule has 4 nitrogen and oxygen atoms in total. The highest BCUT2D eigenvalue weighted by molar-refractivity contribution is 8.00. The summed E-state index contributed by atoms with van der Waals surface area (Å²) in [7, 11) is 0. The van der Waals surface area contributed by atoms with E-state index in [9.17, 15) is 4.79 Å². The molecule has 3 heterocycles. The van der Waals surface area contributed by atoms with Gasteiger partial charge in [0.15, 0.2) is 4.34 Å². The number of hydrogen-bond acceptors (Lipinski definition) is 6. The SMILES string of the molecule is Cc1sc2nc(CSc3nc(-c4ccccc4)cs3)[nH]c(=O)c2c1C. The Morgan fingerprint density at radius 1 is 1.16 bits per heavy atom. The number of thiazole rings is 1. The summed E-state index contributed by atoms with van der Waals surface area (Å²) in [6.07, 6.45) is 0. The van der Waals surface area contributed by atoms with Crippen LogP contribution in [0.15, 0.2) is 44.8 Å². The Morgan fingerprint density at radius 3 is 2.76 bits per heavy atom. The number of nitrogens with one attached hydrogen (secondary N) is 1. The molecule has 0 radical (unpaired) electrons. The average Bonchev–Trinajstić information content (AvgIpc) is 3.19. The number of thiophene rings is 1. The minimum absolute atomic E-state index is 0.0495. The van der Waals surface area contributed by atoms with Crippen LogP contribution in [-0.4, -0.2) is 15.0 Å². The third-order valence-electron chi connectivity index (χ3n) is 3.97. The Hall–Kier alpha value is -1.96. The molecule has 0 atom stereocenters. The molecular weight excluding hydrogens is 370 g/mol. The Kier molecular flexibility index (Phi) is 4.45. The number of benzene rings is 1. The predicted molar refractivity (Wildman–Crippen MR) is 107 cm³/mol. The minimum atomic E-state index is -0.0495. The van der Waals surface area contributed by atoms with Gasteiger partial charge in [-0.1, -0.05) is 42.1 Å². The Bertz CT molecular complexity index is 1100. The molecule has 0 unspecified atom stereocenters. The third-order valence-corrected chi connectivity index (χ3v) is 7.11. The van der Waals surface area contributed by atoms with Gasteiger partial charge in [0.25, 0.3) is 5.56 Å². The van der Waals surface area contributed by atoms with Crippen LogP contribution in [0, 0.1) is 13.8 Å². The lowest BCUT2D eigenvalue weighted by Gasteiger charge is -1.99. The van der Waals surface area contributed by atoms with Crippen molar-refractivity contribution in [3.63, 3.8) is 0 Å². The molecular formula is C18H15N3OS3. The number of aromatic nitrogens is 3. The number of hydrogen-bond donors (Lipinski definition) is 1. The molecule has 0 aliphatic heterocycles. The quantitative estimate of drug-likeness (QED) is 0.501. The molecule has 126 valence electrons. The van der Waals surface area contributed by atoms with Crippen LogP contribution in [0.5, 0.6) is 0 Å². The van der Waals surface area contributed by atoms with Crippen molar-refractivity contribution in [3.05, 3.63) is 62.3 Å². The summed E-state index contributed by atoms with van der Waals surface area (Å²) in [4.78, 5) is 26.5. The van der Waals surface area contributed by atoms with Crippen molar-refractivity contribution in [2.24, 2.45) is 0 Å². The lowest BCUT2D eigenvalue weighted by atomic mass is 10.2. The van der Waals surface area contributed by atoms with Crippen LogP contribution < -0.4 is 5.56 Å². The van der Waals surface area contributed by atoms with Gasteiger partial charge in [-0.3, -0.25) is 4.79 Å². The van der Waals surface area contributed by atoms with E-state index in [2.05, 4.69) is 32.5 Å². The molecule has 0 saturated carbocycles. The number of nitrogens with zero attached hydrogens (tertiary/aromatic N) is 2. The zero-order chi connectivity index (χ0) is 17.4. The van der Waals surface area contributed by atoms with E-state index in [0.717, 1.165) is 36.3 Å². The average molecular weight is 386 g/mol. The van der Waals surface area contributed by atoms with E-state index in [1.54, 1.807) is 34.4 Å². The molecule has 0 amide bonds. The van der Waals surface area contributed by atoms with E-state index in [0.29, 0.717) is 11.6 Å². The molecule has 0 saturated heterocycles. The van der Waals surface area contributed by atoms with Gasteiger partial charge in [-0.15, -0.1) is 22.7 Å². The molecule has 1 aromatic carbocycles. The first-order valence-electron chi connectivity index (χ1n) is 7.74. The fourth-order valence-corrected chi connectivity index (χ4v) is 5.32. The second kappa shape index (κ2) is 6.74. The van der Waals surface area contributed by atoms with Crippen molar-refractivity contribution in [1.29, 1.82) is 0 Å². The largest absolute Gasteiger partial charge is 0.309 e. The molecule has 0 spiro atoms. The summed E-state index contributed by atoms with van der Waals surface area (Å²) >= 11 is 4.79. The number of rotatable bonds is 4. The van der Waals surface area contributed by atoms with Gasteiger partial charge < -0.3 is 4.98 Å². The van der Waals surface area contributed by atoms with Gasteiger partial charge in [-0.05, 0) is 19.4 Å². The maximum atomic E-state index is 12.3. The number of aryl methyl sites for hydroxylation is 2. The lowest BCUT2D eigenvalue weighted by molar-refractivity contribution is 1.04. The molecule has 0 aliphatic rings. The summed E-state index contributed by atoms with van der Waals surface area (Å²) in [6, 6.07) is 10.1. The lowest BCUT2D eigenvalue weighted by Crippen LogP contribution is -2.10. The van der Waals surface area contributed by atoms with Gasteiger partial charge in [-0.2, -0.15) is 0 Å². The predicted octanol–water partition coefficient (Wildman–Crippen LogP) is 5.02. The molecule has 25 heavy (non-hydrogen) atoms. The van der Waals surface area contributed by atoms with Crippen LogP contribution in [0.25, 0.3) is 21.5 Å². The summed E-state index contributed by atoms with van der Waals surface area (Å²) in [5, 5.41) is 2.78. The van der Waals surface area contributed by atoms with Gasteiger partial charge in [0.2, 0.25) is 0 Å². The van der Waals surface area contributed by atoms with Crippen molar-refractivity contribution in [2.75, 3.05) is 0 Å². The van der Waals surface area contributed by atoms with Gasteiger partial charge in [0.1, 0.15) is 10.7 Å². The highest BCUT2D eigenvalue weighted by Crippen LogP contribution is 2.30. The Labute approximate surface area is 157 Å². The smallest absolute Gasteiger partial charge is 0.259 e. The highest BCUT2D eigenvalue weighted by Gasteiger charge is 2.12. The second-order valence-corrected chi connectivity index (χ2v) is 8.91. The van der Waals surface area contributed by atoms with Crippen LogP contribution in [0.2, 0.25) is 0 Å². The molecule has 0 bridgehead atoms. The van der Waals surface area contributed by atoms with Crippen LogP contribution in [0.1, 0.15) is 16.3 Å². The third kappa shape index (κ3) is 3.27. The first-order valence-corrected chi connectivity index (χ1v) is 10.4. The normalized spacial score (nSPS) is 11.3. The number of aromatic amines is 1. The van der Waals surface area contributed by atoms with E-state index in [1.807, 2.05) is 32.0 Å². The molecule has 1 N–H and O–H groups in total. The summed E-state index contributed by atoms with van der Waals surface area (Å²) < 4.78 is 0.972. The van der Waals surface area contributed by atoms with E-state index < -0.39 is 0 Å². The molecule has 0 fully saturated rings. The number of H-pyrrole nitrogens is 1. The van der Waals surface area contributed by atoms with Gasteiger partial charge >= 0.3 is 0 Å². The van der Waals surface area contributed by atoms with Gasteiger partial charge in [0, 0.05) is 15.8 Å². The van der Waals surface area contributed by atoms with E-state index in [1.165, 1.54) is 0 Å². The van der Waals surface area contributed by atoms with Crippen LogP contribution in [0.4, 0.5) is 0 Å². The fourth-order valence-electron chi connectivity index (χ4n) is 2.56. The van der Waals surface area contributed by atoms with Crippen molar-refractivity contribution in [1.82, 2.24) is 15.0 Å². The summed E-state index contributed by atoms with van der Waals surface area (Å²) in [5.74, 6) is 1.29. The van der Waals surface area contributed by atoms with E-state index >= 15 is 0 Å². The topological polar surface area (TPSA) is 58.6 Å². The second-order valence-electron chi connectivity index (χ2n) is 5.63. The van der Waals surface area contributed by atoms with Gasteiger partial charge in [0.05, 0.1) is 16.8 Å². The first-order chi connectivity index (χ1) is 12.1. The standard InChI is InChI=1S/C18H15N3OS3/c1-10-11(2)25-17-15(10)16(22)20-14(21-17)9-24-18-19-13(8-23-18)12-6-4-3-5-7-12/h3-8H,9H2,1-2H3,(H,20,21,22). The Balaban J connectivity index is 1.55. The summed E-state index contributed by atoms with van der Waals surface area (Å²) in [6.45, 7) is 4.00. The summed E-state index contributed by atoms with van der Waals surface area (Å²) in [5.41, 5.74) is 3.07. The fraction of sp³-hybridized carbons (Fsp3) is 0.167. The first kappa shape index (κ1) is 16.5. The van der Waals surface area contributed by atoms with E-state index in [4.69, 9.17) is 0 Å². The van der Waals surface area contributed by atoms with Gasteiger partial charge in [-0.25, -0.2) is 9.97 Å². The highest BCUT2D eigenvalue weighted by atomic mass is 32.2. The zero-order valence-corrected chi connectivity index (χ0v) is 16.1. The molecule has 0 aliphatic carbocycles. The monoisotopic (exact) mass is 385 g/mol. The number of fused-ring (bicyclic) bond motifs is 1. The Morgan fingerprint density at radius 2 is 1.96 bits per heavy atom. The molecule has 4 rings (SSSR count). The maximum Gasteiger partial charge on any atom is 0.259 e. The van der Waals surface area contributed by atoms with E-state index in [-0.39, 0.29) is 5.56 Å². The van der Waals surface area contributed by atoms with Crippen molar-refractivity contribution in [2.45, 2.75) is 23.9 Å². The van der Waals surface area contributed by atoms with Crippen molar-refractivity contribution < 1.29 is 0 Å².